The van der Waals surface area contributed by atoms with Crippen LogP contribution in [0, 0.1) is 0 Å². The van der Waals surface area contributed by atoms with Crippen molar-refractivity contribution < 1.29 is 4.79 Å². The molecule has 0 aliphatic carbocycles. The molecule has 1 N–H and O–H groups in total. The Balaban J connectivity index is 1.73. The first-order valence-corrected chi connectivity index (χ1v) is 7.12. The maximum atomic E-state index is 12.0. The first-order chi connectivity index (χ1) is 10.1. The highest BCUT2D eigenvalue weighted by molar-refractivity contribution is 7.18. The van der Waals surface area contributed by atoms with Crippen LogP contribution < -0.4 is 10.9 Å². The summed E-state index contributed by atoms with van der Waals surface area (Å²) in [7, 11) is 1.51. The van der Waals surface area contributed by atoms with Crippen LogP contribution in [0.5, 0.6) is 0 Å². The minimum Gasteiger partial charge on any atom is -0.344 e. The molecule has 21 heavy (non-hydrogen) atoms. The van der Waals surface area contributed by atoms with E-state index in [-0.39, 0.29) is 17.2 Å². The molecule has 0 spiro atoms. The van der Waals surface area contributed by atoms with Gasteiger partial charge in [0.2, 0.25) is 0 Å². The number of amides is 1. The van der Waals surface area contributed by atoms with Crippen LogP contribution in [0.4, 0.5) is 0 Å². The van der Waals surface area contributed by atoms with Crippen LogP contribution >= 0.6 is 11.3 Å². The van der Waals surface area contributed by atoms with Crippen LogP contribution in [0.2, 0.25) is 0 Å². The fraction of sp³-hybridized carbons (Fsp3) is 0.143. The van der Waals surface area contributed by atoms with Gasteiger partial charge in [0, 0.05) is 13.1 Å². The lowest BCUT2D eigenvalue weighted by Crippen LogP contribution is -2.28. The molecule has 0 saturated carbocycles. The van der Waals surface area contributed by atoms with Crippen LogP contribution in [-0.2, 0) is 13.6 Å². The average molecular weight is 300 g/mol. The molecule has 0 aliphatic heterocycles. The SMILES string of the molecule is Cn1nc(C(=O)NCc2nc3ccccc3s2)ccc1=O. The van der Waals surface area contributed by atoms with Gasteiger partial charge >= 0.3 is 0 Å². The summed E-state index contributed by atoms with van der Waals surface area (Å²) >= 11 is 1.54. The monoisotopic (exact) mass is 300 g/mol. The summed E-state index contributed by atoms with van der Waals surface area (Å²) < 4.78 is 2.22. The Bertz CT molecular complexity index is 836. The zero-order valence-corrected chi connectivity index (χ0v) is 12.1. The summed E-state index contributed by atoms with van der Waals surface area (Å²) in [5, 5.41) is 7.48. The van der Waals surface area contributed by atoms with Crippen molar-refractivity contribution in [3.05, 3.63) is 57.5 Å². The average Bonchev–Trinajstić information content (AvgIpc) is 2.90. The van der Waals surface area contributed by atoms with E-state index in [2.05, 4.69) is 15.4 Å². The van der Waals surface area contributed by atoms with Crippen LogP contribution in [0.15, 0.2) is 41.2 Å². The topological polar surface area (TPSA) is 76.9 Å². The Morgan fingerprint density at radius 3 is 2.86 bits per heavy atom. The Kier molecular flexibility index (Phi) is 3.49. The fourth-order valence-corrected chi connectivity index (χ4v) is 2.77. The van der Waals surface area contributed by atoms with Crippen LogP contribution in [0.3, 0.4) is 0 Å². The van der Waals surface area contributed by atoms with Gasteiger partial charge in [0.15, 0.2) is 0 Å². The van der Waals surface area contributed by atoms with Gasteiger partial charge in [-0.1, -0.05) is 12.1 Å². The highest BCUT2D eigenvalue weighted by Crippen LogP contribution is 2.21. The molecular formula is C14H12N4O2S. The van der Waals surface area contributed by atoms with Gasteiger partial charge in [-0.25, -0.2) is 9.67 Å². The number of para-hydroxylation sites is 1. The molecule has 0 aliphatic rings. The van der Waals surface area contributed by atoms with Crippen LogP contribution in [-0.4, -0.2) is 20.7 Å². The van der Waals surface area contributed by atoms with Gasteiger partial charge in [-0.2, -0.15) is 5.10 Å². The Morgan fingerprint density at radius 2 is 2.10 bits per heavy atom. The van der Waals surface area contributed by atoms with Gasteiger partial charge in [0.25, 0.3) is 11.5 Å². The largest absolute Gasteiger partial charge is 0.344 e. The molecule has 2 heterocycles. The van der Waals surface area contributed by atoms with E-state index in [9.17, 15) is 9.59 Å². The Hall–Kier alpha value is -2.54. The minimum absolute atomic E-state index is 0.207. The number of hydrogen-bond acceptors (Lipinski definition) is 5. The molecule has 6 nitrogen and oxygen atoms in total. The highest BCUT2D eigenvalue weighted by atomic mass is 32.1. The predicted octanol–water partition coefficient (Wildman–Crippen LogP) is 1.32. The number of hydrogen-bond donors (Lipinski definition) is 1. The number of benzene rings is 1. The number of nitrogens with zero attached hydrogens (tertiary/aromatic N) is 3. The standard InChI is InChI=1S/C14H12N4O2S/c1-18-13(19)7-6-10(17-18)14(20)15-8-12-16-9-4-2-3-5-11(9)21-12/h2-7H,8H2,1H3,(H,15,20). The van der Waals surface area contributed by atoms with Gasteiger partial charge in [-0.3, -0.25) is 9.59 Å². The van der Waals surface area contributed by atoms with E-state index in [1.54, 1.807) is 0 Å². The summed E-state index contributed by atoms with van der Waals surface area (Å²) in [6.07, 6.45) is 0. The van der Waals surface area contributed by atoms with Crippen molar-refractivity contribution in [2.24, 2.45) is 7.05 Å². The summed E-state index contributed by atoms with van der Waals surface area (Å²) in [5.74, 6) is -0.329. The first-order valence-electron chi connectivity index (χ1n) is 6.30. The number of fused-ring (bicyclic) bond motifs is 1. The Morgan fingerprint density at radius 1 is 1.29 bits per heavy atom. The van der Waals surface area contributed by atoms with E-state index in [4.69, 9.17) is 0 Å². The number of rotatable bonds is 3. The second-order valence-corrected chi connectivity index (χ2v) is 5.55. The molecule has 0 bridgehead atoms. The number of aromatic nitrogens is 3. The van der Waals surface area contributed by atoms with Crippen LogP contribution in [0.25, 0.3) is 10.2 Å². The lowest BCUT2D eigenvalue weighted by molar-refractivity contribution is 0.0943. The van der Waals surface area contributed by atoms with Gasteiger partial charge in [-0.05, 0) is 18.2 Å². The van der Waals surface area contributed by atoms with Crippen molar-refractivity contribution >= 4 is 27.5 Å². The maximum absolute atomic E-state index is 12.0. The van der Waals surface area contributed by atoms with Gasteiger partial charge in [0.1, 0.15) is 10.7 Å². The molecule has 2 aromatic heterocycles. The number of carbonyl (C=O) groups is 1. The third-order valence-corrected chi connectivity index (χ3v) is 3.97. The van der Waals surface area contributed by atoms with Crippen LogP contribution in [0.1, 0.15) is 15.5 Å². The second-order valence-electron chi connectivity index (χ2n) is 4.44. The van der Waals surface area contributed by atoms with E-state index in [0.29, 0.717) is 6.54 Å². The van der Waals surface area contributed by atoms with E-state index < -0.39 is 0 Å². The smallest absolute Gasteiger partial charge is 0.272 e. The number of thiazole rings is 1. The summed E-state index contributed by atoms with van der Waals surface area (Å²) in [4.78, 5) is 27.7. The number of aryl methyl sites for hydroxylation is 1. The van der Waals surface area contributed by atoms with Crippen molar-refractivity contribution in [2.75, 3.05) is 0 Å². The minimum atomic E-state index is -0.329. The molecule has 0 fully saturated rings. The van der Waals surface area contributed by atoms with Gasteiger partial charge < -0.3 is 5.32 Å². The molecular weight excluding hydrogens is 288 g/mol. The predicted molar refractivity (Wildman–Crippen MR) is 80.3 cm³/mol. The third kappa shape index (κ3) is 2.82. The molecule has 3 rings (SSSR count). The fourth-order valence-electron chi connectivity index (χ4n) is 1.87. The summed E-state index contributed by atoms with van der Waals surface area (Å²) in [5.41, 5.74) is 0.878. The highest BCUT2D eigenvalue weighted by Gasteiger charge is 2.10. The van der Waals surface area contributed by atoms with E-state index in [1.165, 1.54) is 30.5 Å². The molecule has 0 radical (unpaired) electrons. The lowest BCUT2D eigenvalue weighted by Gasteiger charge is -2.03. The van der Waals surface area contributed by atoms with Crippen molar-refractivity contribution in [1.29, 1.82) is 0 Å². The van der Waals surface area contributed by atoms with Gasteiger partial charge in [-0.15, -0.1) is 11.3 Å². The molecule has 0 atom stereocenters. The normalized spacial score (nSPS) is 10.7. The quantitative estimate of drug-likeness (QED) is 0.791. The second kappa shape index (κ2) is 5.45. The lowest BCUT2D eigenvalue weighted by atomic mass is 10.3. The van der Waals surface area contributed by atoms with Crippen molar-refractivity contribution in [2.45, 2.75) is 6.54 Å². The van der Waals surface area contributed by atoms with E-state index in [1.807, 2.05) is 24.3 Å². The molecule has 3 aromatic rings. The summed E-state index contributed by atoms with van der Waals surface area (Å²) in [6, 6.07) is 10.5. The Labute approximate surface area is 124 Å². The van der Waals surface area contributed by atoms with Gasteiger partial charge in [0.05, 0.1) is 16.8 Å². The molecule has 106 valence electrons. The summed E-state index contributed by atoms with van der Waals surface area (Å²) in [6.45, 7) is 0.336. The van der Waals surface area contributed by atoms with E-state index >= 15 is 0 Å². The molecule has 0 unspecified atom stereocenters. The van der Waals surface area contributed by atoms with Crippen molar-refractivity contribution in [1.82, 2.24) is 20.1 Å². The molecule has 7 heteroatoms. The van der Waals surface area contributed by atoms with Crippen molar-refractivity contribution in [3.8, 4) is 0 Å². The zero-order chi connectivity index (χ0) is 14.8. The van der Waals surface area contributed by atoms with E-state index in [0.717, 1.165) is 19.9 Å². The number of carbonyl (C=O) groups excluding carboxylic acids is 1. The number of nitrogens with one attached hydrogen (secondary N) is 1. The third-order valence-electron chi connectivity index (χ3n) is 2.93. The maximum Gasteiger partial charge on any atom is 0.272 e. The molecule has 1 aromatic carbocycles. The molecule has 1 amide bonds. The first kappa shape index (κ1) is 13.4. The van der Waals surface area contributed by atoms with Crippen molar-refractivity contribution in [3.63, 3.8) is 0 Å². The molecule has 0 saturated heterocycles. The zero-order valence-electron chi connectivity index (χ0n) is 11.2.